The van der Waals surface area contributed by atoms with E-state index in [-0.39, 0.29) is 12.3 Å². The van der Waals surface area contributed by atoms with Crippen LogP contribution in [0.2, 0.25) is 0 Å². The molecule has 0 saturated carbocycles. The molecule has 0 aromatic heterocycles. The van der Waals surface area contributed by atoms with Gasteiger partial charge < -0.3 is 5.43 Å². The molecule has 1 rings (SSSR count). The van der Waals surface area contributed by atoms with Gasteiger partial charge in [0.2, 0.25) is 0 Å². The molecule has 88 valence electrons. The van der Waals surface area contributed by atoms with Crippen LogP contribution in [0.4, 0.5) is 18.9 Å². The molecule has 0 radical (unpaired) electrons. The molecular weight excluding hydrogens is 219 g/mol. The van der Waals surface area contributed by atoms with Gasteiger partial charge >= 0.3 is 6.18 Å². The minimum atomic E-state index is -4.20. The summed E-state index contributed by atoms with van der Waals surface area (Å²) in [6.45, 7) is 0. The highest BCUT2D eigenvalue weighted by Gasteiger charge is 2.27. The maximum absolute atomic E-state index is 12.0. The molecule has 0 unspecified atom stereocenters. The molecule has 0 amide bonds. The standard InChI is InChI=1S/C10H12F3N3/c11-10(12,13)7-6-9(16-14)15-8-4-2-1-3-5-8/h1-5H,6-7,14H2,(H,15,16). The molecule has 6 heteroatoms. The first-order valence-corrected chi connectivity index (χ1v) is 4.67. The summed E-state index contributed by atoms with van der Waals surface area (Å²) < 4.78 is 35.9. The number of aliphatic imine (C=N–C) groups is 1. The fourth-order valence-corrected chi connectivity index (χ4v) is 1.08. The molecule has 0 saturated heterocycles. The number of nitrogens with zero attached hydrogens (tertiary/aromatic N) is 1. The van der Waals surface area contributed by atoms with Gasteiger partial charge in [-0.1, -0.05) is 18.2 Å². The van der Waals surface area contributed by atoms with Crippen LogP contribution in [-0.2, 0) is 0 Å². The van der Waals surface area contributed by atoms with E-state index in [9.17, 15) is 13.2 Å². The Balaban J connectivity index is 2.64. The number of nitrogens with one attached hydrogen (secondary N) is 1. The van der Waals surface area contributed by atoms with Gasteiger partial charge in [0.1, 0.15) is 5.84 Å². The number of hydrogen-bond donors (Lipinski definition) is 2. The van der Waals surface area contributed by atoms with Crippen molar-refractivity contribution in [3.63, 3.8) is 0 Å². The normalized spacial score (nSPS) is 12.6. The summed E-state index contributed by atoms with van der Waals surface area (Å²) in [5.41, 5.74) is 2.74. The molecule has 0 spiro atoms. The topological polar surface area (TPSA) is 50.4 Å². The Kier molecular flexibility index (Phi) is 4.30. The van der Waals surface area contributed by atoms with Gasteiger partial charge in [0.25, 0.3) is 0 Å². The van der Waals surface area contributed by atoms with Crippen molar-refractivity contribution < 1.29 is 13.2 Å². The monoisotopic (exact) mass is 231 g/mol. The van der Waals surface area contributed by atoms with E-state index in [2.05, 4.69) is 10.4 Å². The average molecular weight is 231 g/mol. The van der Waals surface area contributed by atoms with E-state index in [1.54, 1.807) is 30.3 Å². The Bertz CT molecular complexity index is 346. The Morgan fingerprint density at radius 2 is 1.88 bits per heavy atom. The lowest BCUT2D eigenvalue weighted by Crippen LogP contribution is -2.31. The van der Waals surface area contributed by atoms with E-state index in [1.165, 1.54) is 0 Å². The lowest BCUT2D eigenvalue weighted by atomic mass is 10.2. The molecule has 3 N–H and O–H groups in total. The van der Waals surface area contributed by atoms with Gasteiger partial charge in [-0.2, -0.15) is 13.2 Å². The number of benzene rings is 1. The summed E-state index contributed by atoms with van der Waals surface area (Å²) >= 11 is 0. The fraction of sp³-hybridized carbons (Fsp3) is 0.300. The molecule has 0 fully saturated rings. The fourth-order valence-electron chi connectivity index (χ4n) is 1.08. The summed E-state index contributed by atoms with van der Waals surface area (Å²) in [7, 11) is 0. The van der Waals surface area contributed by atoms with Crippen molar-refractivity contribution >= 4 is 11.5 Å². The number of para-hydroxylation sites is 1. The van der Waals surface area contributed by atoms with Gasteiger partial charge in [0.15, 0.2) is 0 Å². The third-order valence-electron chi connectivity index (χ3n) is 1.83. The number of hydrogen-bond acceptors (Lipinski definition) is 2. The van der Waals surface area contributed by atoms with Crippen LogP contribution in [0.5, 0.6) is 0 Å². The average Bonchev–Trinajstić information content (AvgIpc) is 2.24. The minimum Gasteiger partial charge on any atom is -0.312 e. The Morgan fingerprint density at radius 3 is 2.38 bits per heavy atom. The molecule has 1 aromatic rings. The Morgan fingerprint density at radius 1 is 1.25 bits per heavy atom. The maximum atomic E-state index is 12.0. The zero-order chi connectivity index (χ0) is 12.0. The van der Waals surface area contributed by atoms with Crippen LogP contribution in [-0.4, -0.2) is 12.0 Å². The number of halogens is 3. The zero-order valence-electron chi connectivity index (χ0n) is 8.46. The van der Waals surface area contributed by atoms with E-state index < -0.39 is 12.6 Å². The van der Waals surface area contributed by atoms with E-state index >= 15 is 0 Å². The molecule has 0 heterocycles. The minimum absolute atomic E-state index is 0.114. The van der Waals surface area contributed by atoms with E-state index in [0.717, 1.165) is 0 Å². The summed E-state index contributed by atoms with van der Waals surface area (Å²) in [4.78, 5) is 3.96. The van der Waals surface area contributed by atoms with E-state index in [1.807, 2.05) is 0 Å². The van der Waals surface area contributed by atoms with Crippen molar-refractivity contribution in [1.29, 1.82) is 0 Å². The van der Waals surface area contributed by atoms with Crippen LogP contribution < -0.4 is 11.3 Å². The third kappa shape index (κ3) is 4.79. The second-order valence-corrected chi connectivity index (χ2v) is 3.15. The third-order valence-corrected chi connectivity index (χ3v) is 1.83. The van der Waals surface area contributed by atoms with Crippen LogP contribution >= 0.6 is 0 Å². The SMILES string of the molecule is NNC(CCC(F)(F)F)=Nc1ccccc1. The molecule has 1 aromatic carbocycles. The first-order valence-electron chi connectivity index (χ1n) is 4.67. The number of alkyl halides is 3. The molecule has 3 nitrogen and oxygen atoms in total. The highest BCUT2D eigenvalue weighted by molar-refractivity contribution is 5.84. The molecule has 0 atom stereocenters. The molecule has 0 bridgehead atoms. The predicted octanol–water partition coefficient (Wildman–Crippen LogP) is 2.52. The quantitative estimate of drug-likeness (QED) is 0.363. The molecule has 0 aliphatic carbocycles. The first kappa shape index (κ1) is 12.5. The van der Waals surface area contributed by atoms with Crippen LogP contribution in [0, 0.1) is 0 Å². The second kappa shape index (κ2) is 5.50. The van der Waals surface area contributed by atoms with Gasteiger partial charge in [-0.15, -0.1) is 0 Å². The number of rotatable bonds is 3. The molecule has 16 heavy (non-hydrogen) atoms. The molecule has 0 aliphatic rings. The lowest BCUT2D eigenvalue weighted by molar-refractivity contribution is -0.132. The second-order valence-electron chi connectivity index (χ2n) is 3.15. The highest BCUT2D eigenvalue weighted by Crippen LogP contribution is 2.22. The summed E-state index contributed by atoms with van der Waals surface area (Å²) in [5.74, 6) is 5.22. The van der Waals surface area contributed by atoms with Crippen molar-refractivity contribution in [1.82, 2.24) is 5.43 Å². The Labute approximate surface area is 91.1 Å². The van der Waals surface area contributed by atoms with Crippen molar-refractivity contribution in [2.45, 2.75) is 19.0 Å². The molecular formula is C10H12F3N3. The smallest absolute Gasteiger partial charge is 0.312 e. The van der Waals surface area contributed by atoms with Gasteiger partial charge in [0, 0.05) is 6.42 Å². The summed E-state index contributed by atoms with van der Waals surface area (Å²) in [6.07, 6.45) is -5.40. The van der Waals surface area contributed by atoms with Gasteiger partial charge in [-0.3, -0.25) is 0 Å². The largest absolute Gasteiger partial charge is 0.389 e. The van der Waals surface area contributed by atoms with Crippen molar-refractivity contribution in [3.8, 4) is 0 Å². The van der Waals surface area contributed by atoms with E-state index in [4.69, 9.17) is 5.84 Å². The van der Waals surface area contributed by atoms with E-state index in [0.29, 0.717) is 5.69 Å². The number of nitrogens with two attached hydrogens (primary N) is 1. The Hall–Kier alpha value is -1.56. The van der Waals surface area contributed by atoms with Crippen LogP contribution in [0.15, 0.2) is 35.3 Å². The summed E-state index contributed by atoms with van der Waals surface area (Å²) in [5, 5.41) is 0. The van der Waals surface area contributed by atoms with Crippen LogP contribution in [0.25, 0.3) is 0 Å². The van der Waals surface area contributed by atoms with Gasteiger partial charge in [-0.05, 0) is 12.1 Å². The summed E-state index contributed by atoms with van der Waals surface area (Å²) in [6, 6.07) is 8.66. The van der Waals surface area contributed by atoms with Crippen molar-refractivity contribution in [3.05, 3.63) is 30.3 Å². The van der Waals surface area contributed by atoms with Gasteiger partial charge in [-0.25, -0.2) is 10.8 Å². The predicted molar refractivity (Wildman–Crippen MR) is 56.1 cm³/mol. The van der Waals surface area contributed by atoms with Crippen molar-refractivity contribution in [2.75, 3.05) is 0 Å². The lowest BCUT2D eigenvalue weighted by Gasteiger charge is -2.08. The van der Waals surface area contributed by atoms with Crippen molar-refractivity contribution in [2.24, 2.45) is 10.8 Å². The number of hydrazine groups is 1. The first-order chi connectivity index (χ1) is 7.51. The number of amidine groups is 1. The highest BCUT2D eigenvalue weighted by atomic mass is 19.4. The van der Waals surface area contributed by atoms with Gasteiger partial charge in [0.05, 0.1) is 12.1 Å². The molecule has 0 aliphatic heterocycles. The van der Waals surface area contributed by atoms with Crippen LogP contribution in [0.3, 0.4) is 0 Å². The maximum Gasteiger partial charge on any atom is 0.389 e. The zero-order valence-corrected chi connectivity index (χ0v) is 8.46. The van der Waals surface area contributed by atoms with Crippen LogP contribution in [0.1, 0.15) is 12.8 Å².